The topological polar surface area (TPSA) is 47.9 Å². The van der Waals surface area contributed by atoms with Crippen LogP contribution in [0.2, 0.25) is 0 Å². The highest BCUT2D eigenvalue weighted by Gasteiger charge is 2.47. The van der Waals surface area contributed by atoms with E-state index in [2.05, 4.69) is 0 Å². The number of ether oxygens (including phenoxy) is 3. The highest BCUT2D eigenvalue weighted by molar-refractivity contribution is 4.94. The van der Waals surface area contributed by atoms with Crippen LogP contribution in [-0.2, 0) is 14.2 Å². The van der Waals surface area contributed by atoms with Gasteiger partial charge in [-0.1, -0.05) is 0 Å². The van der Waals surface area contributed by atoms with Crippen LogP contribution >= 0.6 is 0 Å². The Morgan fingerprint density at radius 3 is 2.73 bits per heavy atom. The van der Waals surface area contributed by atoms with Crippen molar-refractivity contribution < 1.29 is 19.3 Å². The lowest BCUT2D eigenvalue weighted by Gasteiger charge is -2.12. The predicted octanol–water partition coefficient (Wildman–Crippen LogP) is -0.840. The second kappa shape index (κ2) is 2.71. The molecule has 0 aliphatic carbocycles. The highest BCUT2D eigenvalue weighted by atomic mass is 16.6. The van der Waals surface area contributed by atoms with Gasteiger partial charge in [0.25, 0.3) is 0 Å². The molecule has 2 fully saturated rings. The number of fused-ring (bicyclic) bond motifs is 1. The monoisotopic (exact) mass is 160 g/mol. The smallest absolute Gasteiger partial charge is 0.115 e. The van der Waals surface area contributed by atoms with Crippen LogP contribution in [0.4, 0.5) is 0 Å². The van der Waals surface area contributed by atoms with Gasteiger partial charge in [0, 0.05) is 7.11 Å². The first-order valence-corrected chi connectivity index (χ1v) is 3.77. The van der Waals surface area contributed by atoms with Crippen LogP contribution in [0.25, 0.3) is 0 Å². The molecule has 0 aromatic heterocycles. The third kappa shape index (κ3) is 1.06. The van der Waals surface area contributed by atoms with Crippen LogP contribution in [-0.4, -0.2) is 49.8 Å². The normalized spacial score (nSPS) is 49.6. The standard InChI is InChI=1S/C7H12O4/c1-9-5-3-11-6-4(8)2-10-7(5)6/h4-8H,2-3H2,1H3/t4-,5+,6+,7-/m0/s1. The van der Waals surface area contributed by atoms with Gasteiger partial charge in [-0.25, -0.2) is 0 Å². The molecule has 0 aromatic rings. The molecule has 0 saturated carbocycles. The zero-order valence-electron chi connectivity index (χ0n) is 6.40. The number of rotatable bonds is 1. The van der Waals surface area contributed by atoms with Gasteiger partial charge in [-0.15, -0.1) is 0 Å². The molecule has 4 heteroatoms. The lowest BCUT2D eigenvalue weighted by atomic mass is 10.1. The van der Waals surface area contributed by atoms with Crippen molar-refractivity contribution in [2.45, 2.75) is 24.4 Å². The largest absolute Gasteiger partial charge is 0.388 e. The van der Waals surface area contributed by atoms with Gasteiger partial charge in [0.1, 0.15) is 24.4 Å². The van der Waals surface area contributed by atoms with Gasteiger partial charge < -0.3 is 19.3 Å². The van der Waals surface area contributed by atoms with Crippen LogP contribution in [0.15, 0.2) is 0 Å². The summed E-state index contributed by atoms with van der Waals surface area (Å²) in [5.41, 5.74) is 0. The molecule has 2 aliphatic rings. The third-order valence-electron chi connectivity index (χ3n) is 2.28. The molecule has 0 aromatic carbocycles. The first-order valence-electron chi connectivity index (χ1n) is 3.77. The van der Waals surface area contributed by atoms with Gasteiger partial charge in [0.2, 0.25) is 0 Å². The molecule has 0 bridgehead atoms. The van der Waals surface area contributed by atoms with E-state index in [0.29, 0.717) is 13.2 Å². The third-order valence-corrected chi connectivity index (χ3v) is 2.28. The summed E-state index contributed by atoms with van der Waals surface area (Å²) >= 11 is 0. The van der Waals surface area contributed by atoms with Gasteiger partial charge in [-0.3, -0.25) is 0 Å². The molecule has 4 nitrogen and oxygen atoms in total. The molecule has 2 heterocycles. The van der Waals surface area contributed by atoms with E-state index >= 15 is 0 Å². The van der Waals surface area contributed by atoms with E-state index in [4.69, 9.17) is 14.2 Å². The number of aliphatic hydroxyl groups excluding tert-OH is 1. The van der Waals surface area contributed by atoms with Crippen LogP contribution in [0.1, 0.15) is 0 Å². The molecule has 11 heavy (non-hydrogen) atoms. The Hall–Kier alpha value is -0.160. The summed E-state index contributed by atoms with van der Waals surface area (Å²) in [7, 11) is 1.63. The summed E-state index contributed by atoms with van der Waals surface area (Å²) in [4.78, 5) is 0. The summed E-state index contributed by atoms with van der Waals surface area (Å²) in [6, 6.07) is 0. The van der Waals surface area contributed by atoms with Crippen molar-refractivity contribution in [2.24, 2.45) is 0 Å². The first-order chi connectivity index (χ1) is 5.33. The molecule has 4 atom stereocenters. The minimum Gasteiger partial charge on any atom is -0.388 e. The number of hydrogen-bond acceptors (Lipinski definition) is 4. The molecular formula is C7H12O4. The van der Waals surface area contributed by atoms with E-state index in [9.17, 15) is 5.11 Å². The van der Waals surface area contributed by atoms with Crippen LogP contribution in [0.3, 0.4) is 0 Å². The van der Waals surface area contributed by atoms with Gasteiger partial charge in [0.05, 0.1) is 13.2 Å². The fourth-order valence-corrected chi connectivity index (χ4v) is 1.65. The summed E-state index contributed by atoms with van der Waals surface area (Å²) in [5.74, 6) is 0. The predicted molar refractivity (Wildman–Crippen MR) is 36.3 cm³/mol. The Morgan fingerprint density at radius 2 is 2.00 bits per heavy atom. The van der Waals surface area contributed by atoms with Crippen molar-refractivity contribution in [3.63, 3.8) is 0 Å². The number of aliphatic hydroxyl groups is 1. The van der Waals surface area contributed by atoms with Gasteiger partial charge in [-0.2, -0.15) is 0 Å². The maximum absolute atomic E-state index is 9.31. The number of hydrogen-bond donors (Lipinski definition) is 1. The molecule has 2 aliphatic heterocycles. The SMILES string of the molecule is CO[C@@H]1CO[C@H]2[C@H]1OC[C@@H]2O. The maximum atomic E-state index is 9.31. The van der Waals surface area contributed by atoms with Crippen molar-refractivity contribution in [1.29, 1.82) is 0 Å². The van der Waals surface area contributed by atoms with E-state index in [0.717, 1.165) is 0 Å². The van der Waals surface area contributed by atoms with Gasteiger partial charge >= 0.3 is 0 Å². The summed E-state index contributed by atoms with van der Waals surface area (Å²) in [5, 5.41) is 9.31. The minimum atomic E-state index is -0.472. The molecule has 64 valence electrons. The molecule has 1 N–H and O–H groups in total. The Labute approximate surface area is 65.1 Å². The lowest BCUT2D eigenvalue weighted by molar-refractivity contribution is -0.0168. The second-order valence-electron chi connectivity index (χ2n) is 2.94. The fourth-order valence-electron chi connectivity index (χ4n) is 1.65. The highest BCUT2D eigenvalue weighted by Crippen LogP contribution is 2.28. The molecule has 0 spiro atoms. The molecule has 2 saturated heterocycles. The van der Waals surface area contributed by atoms with Crippen LogP contribution < -0.4 is 0 Å². The summed E-state index contributed by atoms with van der Waals surface area (Å²) in [6.07, 6.45) is -0.702. The van der Waals surface area contributed by atoms with E-state index in [-0.39, 0.29) is 18.3 Å². The second-order valence-corrected chi connectivity index (χ2v) is 2.94. The lowest BCUT2D eigenvalue weighted by Crippen LogP contribution is -2.32. The van der Waals surface area contributed by atoms with Crippen molar-refractivity contribution in [3.8, 4) is 0 Å². The van der Waals surface area contributed by atoms with Crippen LogP contribution in [0.5, 0.6) is 0 Å². The van der Waals surface area contributed by atoms with Crippen molar-refractivity contribution in [2.75, 3.05) is 20.3 Å². The fraction of sp³-hybridized carbons (Fsp3) is 1.00. The first kappa shape index (κ1) is 7.49. The molecule has 0 unspecified atom stereocenters. The Kier molecular flexibility index (Phi) is 1.85. The van der Waals surface area contributed by atoms with Gasteiger partial charge in [-0.05, 0) is 0 Å². The average molecular weight is 160 g/mol. The number of methoxy groups -OCH3 is 1. The summed E-state index contributed by atoms with van der Waals surface area (Å²) in [6.45, 7) is 0.901. The quantitative estimate of drug-likeness (QED) is 0.543. The molecule has 0 radical (unpaired) electrons. The van der Waals surface area contributed by atoms with Crippen molar-refractivity contribution >= 4 is 0 Å². The van der Waals surface area contributed by atoms with E-state index < -0.39 is 6.10 Å². The average Bonchev–Trinajstić information content (AvgIpc) is 2.53. The van der Waals surface area contributed by atoms with Gasteiger partial charge in [0.15, 0.2) is 0 Å². The van der Waals surface area contributed by atoms with Crippen LogP contribution in [0, 0.1) is 0 Å². The zero-order chi connectivity index (χ0) is 7.84. The zero-order valence-corrected chi connectivity index (χ0v) is 6.40. The maximum Gasteiger partial charge on any atom is 0.115 e. The molecule has 2 rings (SSSR count). The van der Waals surface area contributed by atoms with Crippen molar-refractivity contribution in [1.82, 2.24) is 0 Å². The van der Waals surface area contributed by atoms with E-state index in [1.54, 1.807) is 7.11 Å². The Bertz CT molecular complexity index is 149. The minimum absolute atomic E-state index is 0.00264. The van der Waals surface area contributed by atoms with E-state index in [1.165, 1.54) is 0 Å². The van der Waals surface area contributed by atoms with Crippen molar-refractivity contribution in [3.05, 3.63) is 0 Å². The van der Waals surface area contributed by atoms with E-state index in [1.807, 2.05) is 0 Å². The Morgan fingerprint density at radius 1 is 1.27 bits per heavy atom. The molecule has 0 amide bonds. The Balaban J connectivity index is 2.04. The summed E-state index contributed by atoms with van der Waals surface area (Å²) < 4.78 is 15.7. The molecular weight excluding hydrogens is 148 g/mol.